The zero-order chi connectivity index (χ0) is 23.6. The van der Waals surface area contributed by atoms with E-state index in [2.05, 4.69) is 17.6 Å². The molecule has 2 aliphatic rings. The van der Waals surface area contributed by atoms with Gasteiger partial charge in [0.25, 0.3) is 5.91 Å². The molecule has 5 amide bonds. The van der Waals surface area contributed by atoms with Crippen molar-refractivity contribution in [3.63, 3.8) is 0 Å². The molecule has 8 nitrogen and oxygen atoms in total. The minimum atomic E-state index is -1.22. The molecular weight excluding hydrogens is 420 g/mol. The maximum Gasteiger partial charge on any atom is 0.325 e. The fourth-order valence-electron chi connectivity index (χ4n) is 4.32. The van der Waals surface area contributed by atoms with Crippen LogP contribution in [0.15, 0.2) is 48.5 Å². The number of amides is 5. The summed E-state index contributed by atoms with van der Waals surface area (Å²) in [6, 6.07) is 13.9. The number of hydrogen-bond acceptors (Lipinski definition) is 4. The molecule has 0 bridgehead atoms. The van der Waals surface area contributed by atoms with E-state index in [0.717, 1.165) is 35.4 Å². The lowest BCUT2D eigenvalue weighted by molar-refractivity contribution is -0.133. The smallest absolute Gasteiger partial charge is 0.325 e. The van der Waals surface area contributed by atoms with Gasteiger partial charge >= 0.3 is 6.03 Å². The molecule has 0 spiro atoms. The van der Waals surface area contributed by atoms with Gasteiger partial charge in [-0.25, -0.2) is 4.79 Å². The number of hydrogen-bond donors (Lipinski definition) is 2. The topological polar surface area (TPSA) is 98.8 Å². The lowest BCUT2D eigenvalue weighted by atomic mass is 9.91. The van der Waals surface area contributed by atoms with Gasteiger partial charge in [0.15, 0.2) is 0 Å². The van der Waals surface area contributed by atoms with Crippen molar-refractivity contribution in [2.24, 2.45) is 0 Å². The van der Waals surface area contributed by atoms with Crippen LogP contribution in [0.25, 0.3) is 0 Å². The van der Waals surface area contributed by atoms with Gasteiger partial charge in [0.05, 0.1) is 0 Å². The molecule has 8 heteroatoms. The van der Waals surface area contributed by atoms with Crippen LogP contribution in [0.4, 0.5) is 16.2 Å². The van der Waals surface area contributed by atoms with E-state index < -0.39 is 23.4 Å². The largest absolute Gasteiger partial charge is 0.325 e. The third-order valence-electron chi connectivity index (χ3n) is 6.18. The van der Waals surface area contributed by atoms with Crippen LogP contribution in [0.3, 0.4) is 0 Å². The summed E-state index contributed by atoms with van der Waals surface area (Å²) in [5, 5.41) is 5.44. The van der Waals surface area contributed by atoms with Crippen molar-refractivity contribution in [1.29, 1.82) is 0 Å². The van der Waals surface area contributed by atoms with Crippen LogP contribution < -0.4 is 15.5 Å². The van der Waals surface area contributed by atoms with Crippen molar-refractivity contribution >= 4 is 35.1 Å². The maximum absolute atomic E-state index is 13.1. The molecule has 2 heterocycles. The van der Waals surface area contributed by atoms with Gasteiger partial charge in [-0.3, -0.25) is 19.3 Å². The second-order valence-corrected chi connectivity index (χ2v) is 8.64. The quantitative estimate of drug-likeness (QED) is 0.636. The highest BCUT2D eigenvalue weighted by Gasteiger charge is 2.49. The summed E-state index contributed by atoms with van der Waals surface area (Å²) >= 11 is 0. The van der Waals surface area contributed by atoms with Crippen LogP contribution in [-0.4, -0.2) is 41.7 Å². The Morgan fingerprint density at radius 2 is 1.76 bits per heavy atom. The van der Waals surface area contributed by atoms with Gasteiger partial charge in [0.1, 0.15) is 12.1 Å². The van der Waals surface area contributed by atoms with Gasteiger partial charge in [0, 0.05) is 24.3 Å². The molecule has 172 valence electrons. The van der Waals surface area contributed by atoms with Crippen LogP contribution in [0, 0.1) is 0 Å². The standard InChI is InChI=1S/C25H28N4O4/c1-3-5-17-7-9-18(10-8-17)25(2)23(32)29(24(33)27-25)16-21(30)26-19-11-13-20(14-12-19)28-15-4-6-22(28)31/h7-14H,3-6,15-16H2,1-2H3,(H,26,30)(H,27,33)/t25-/m1/s1. The number of nitrogens with one attached hydrogen (secondary N) is 2. The fourth-order valence-corrected chi connectivity index (χ4v) is 4.32. The van der Waals surface area contributed by atoms with E-state index in [1.54, 1.807) is 36.1 Å². The molecule has 0 saturated carbocycles. The zero-order valence-electron chi connectivity index (χ0n) is 18.9. The summed E-state index contributed by atoms with van der Waals surface area (Å²) in [5.74, 6) is -0.853. The molecule has 0 aromatic heterocycles. The second-order valence-electron chi connectivity index (χ2n) is 8.64. The number of aryl methyl sites for hydroxylation is 1. The second kappa shape index (κ2) is 9.05. The van der Waals surface area contributed by atoms with E-state index in [1.165, 1.54) is 0 Å². The van der Waals surface area contributed by atoms with Crippen LogP contribution >= 0.6 is 0 Å². The van der Waals surface area contributed by atoms with E-state index in [9.17, 15) is 19.2 Å². The molecule has 2 aromatic rings. The van der Waals surface area contributed by atoms with E-state index >= 15 is 0 Å². The average Bonchev–Trinajstić information content (AvgIpc) is 3.32. The number of rotatable bonds is 7. The summed E-state index contributed by atoms with van der Waals surface area (Å²) < 4.78 is 0. The summed E-state index contributed by atoms with van der Waals surface area (Å²) in [7, 11) is 0. The Morgan fingerprint density at radius 1 is 1.06 bits per heavy atom. The van der Waals surface area contributed by atoms with Crippen LogP contribution in [0.1, 0.15) is 44.2 Å². The van der Waals surface area contributed by atoms with E-state index in [0.29, 0.717) is 24.2 Å². The highest BCUT2D eigenvalue weighted by molar-refractivity contribution is 6.10. The third kappa shape index (κ3) is 4.46. The molecule has 4 rings (SSSR count). The van der Waals surface area contributed by atoms with Crippen molar-refractivity contribution < 1.29 is 19.2 Å². The van der Waals surface area contributed by atoms with Crippen molar-refractivity contribution in [2.45, 2.75) is 45.1 Å². The number of carbonyl (C=O) groups is 4. The Labute approximate surface area is 192 Å². The first-order valence-electron chi connectivity index (χ1n) is 11.3. The Morgan fingerprint density at radius 3 is 2.36 bits per heavy atom. The summed E-state index contributed by atoms with van der Waals surface area (Å²) in [4.78, 5) is 52.7. The highest BCUT2D eigenvalue weighted by Crippen LogP contribution is 2.29. The first-order valence-corrected chi connectivity index (χ1v) is 11.3. The molecule has 2 aromatic carbocycles. The molecule has 0 aliphatic carbocycles. The lowest BCUT2D eigenvalue weighted by Crippen LogP contribution is -2.42. The molecular formula is C25H28N4O4. The van der Waals surface area contributed by atoms with E-state index in [-0.39, 0.29) is 12.5 Å². The van der Waals surface area contributed by atoms with Gasteiger partial charge < -0.3 is 15.5 Å². The predicted molar refractivity (Wildman–Crippen MR) is 125 cm³/mol. The molecule has 0 radical (unpaired) electrons. The number of benzene rings is 2. The number of anilines is 2. The predicted octanol–water partition coefficient (Wildman–Crippen LogP) is 3.17. The molecule has 2 N–H and O–H groups in total. The molecule has 2 aliphatic heterocycles. The van der Waals surface area contributed by atoms with Crippen molar-refractivity contribution in [2.75, 3.05) is 23.3 Å². The Balaban J connectivity index is 1.40. The van der Waals surface area contributed by atoms with Crippen LogP contribution in [0.2, 0.25) is 0 Å². The van der Waals surface area contributed by atoms with E-state index in [4.69, 9.17) is 0 Å². The Kier molecular flexibility index (Phi) is 6.18. The molecule has 0 unspecified atom stereocenters. The van der Waals surface area contributed by atoms with Crippen molar-refractivity contribution in [1.82, 2.24) is 10.2 Å². The molecule has 2 fully saturated rings. The molecule has 1 atom stereocenters. The normalized spacial score (nSPS) is 20.4. The third-order valence-corrected chi connectivity index (χ3v) is 6.18. The summed E-state index contributed by atoms with van der Waals surface area (Å²) in [6.45, 7) is 4.05. The SMILES string of the molecule is CCCc1ccc([C@@]2(C)NC(=O)N(CC(=O)Nc3ccc(N4CCCC4=O)cc3)C2=O)cc1. The Hall–Kier alpha value is -3.68. The average molecular weight is 449 g/mol. The molecule has 33 heavy (non-hydrogen) atoms. The van der Waals surface area contributed by atoms with Crippen molar-refractivity contribution in [3.8, 4) is 0 Å². The highest BCUT2D eigenvalue weighted by atomic mass is 16.2. The minimum Gasteiger partial charge on any atom is -0.325 e. The van der Waals surface area contributed by atoms with Gasteiger partial charge in [0.2, 0.25) is 11.8 Å². The zero-order valence-corrected chi connectivity index (χ0v) is 18.9. The number of urea groups is 1. The monoisotopic (exact) mass is 448 g/mol. The van der Waals surface area contributed by atoms with Gasteiger partial charge in [-0.05, 0) is 55.2 Å². The van der Waals surface area contributed by atoms with Gasteiger partial charge in [-0.2, -0.15) is 0 Å². The van der Waals surface area contributed by atoms with Gasteiger partial charge in [-0.1, -0.05) is 37.6 Å². The first-order chi connectivity index (χ1) is 15.8. The molecule has 2 saturated heterocycles. The first kappa shape index (κ1) is 22.5. The van der Waals surface area contributed by atoms with E-state index in [1.807, 2.05) is 24.3 Å². The minimum absolute atomic E-state index is 0.0911. The Bertz CT molecular complexity index is 1080. The van der Waals surface area contributed by atoms with Crippen LogP contribution in [-0.2, 0) is 26.3 Å². The maximum atomic E-state index is 13.1. The fraction of sp³-hybridized carbons (Fsp3) is 0.360. The number of nitrogens with zero attached hydrogens (tertiary/aromatic N) is 2. The number of imide groups is 1. The van der Waals surface area contributed by atoms with Gasteiger partial charge in [-0.15, -0.1) is 0 Å². The van der Waals surface area contributed by atoms with Crippen LogP contribution in [0.5, 0.6) is 0 Å². The number of carbonyl (C=O) groups excluding carboxylic acids is 4. The summed E-state index contributed by atoms with van der Waals surface area (Å²) in [6.07, 6.45) is 3.35. The summed E-state index contributed by atoms with van der Waals surface area (Å²) in [5.41, 5.74) is 1.93. The lowest BCUT2D eigenvalue weighted by Gasteiger charge is -2.22. The van der Waals surface area contributed by atoms with Crippen molar-refractivity contribution in [3.05, 3.63) is 59.7 Å².